The van der Waals surface area contributed by atoms with Crippen molar-refractivity contribution in [2.45, 2.75) is 46.5 Å². The van der Waals surface area contributed by atoms with Crippen molar-refractivity contribution in [3.8, 4) is 11.1 Å². The number of carboxylic acids is 1. The molecular formula is C23H27NO5S. The molecule has 0 radical (unpaired) electrons. The Labute approximate surface area is 180 Å². The quantitative estimate of drug-likeness (QED) is 0.656. The summed E-state index contributed by atoms with van der Waals surface area (Å²) in [6.45, 7) is 5.93. The lowest BCUT2D eigenvalue weighted by Gasteiger charge is -2.27. The number of amides is 1. The van der Waals surface area contributed by atoms with Crippen LogP contribution < -0.4 is 5.32 Å². The van der Waals surface area contributed by atoms with E-state index in [4.69, 9.17) is 4.74 Å². The third-order valence-electron chi connectivity index (χ3n) is 5.93. The lowest BCUT2D eigenvalue weighted by atomic mass is 9.78. The van der Waals surface area contributed by atoms with Crippen LogP contribution in [0.15, 0.2) is 18.2 Å². The standard InChI is InChI=1S/C23H27NO5S/c1-12-9-10-15(11-13(12)2)18-14(3)30-21(19(18)23(28)29-4)24-20(25)16-7-5-6-8-17(16)22(26)27/h9-11,16-17H,5-8H2,1-4H3,(H,24,25)(H,26,27)/t16-,17-/m0/s1. The number of ether oxygens (including phenoxy) is 1. The highest BCUT2D eigenvalue weighted by atomic mass is 32.1. The average molecular weight is 430 g/mol. The Kier molecular flexibility index (Phi) is 6.61. The first kappa shape index (κ1) is 22.0. The van der Waals surface area contributed by atoms with Gasteiger partial charge in [-0.2, -0.15) is 0 Å². The number of carbonyl (C=O) groups excluding carboxylic acids is 2. The Hall–Kier alpha value is -2.67. The zero-order chi connectivity index (χ0) is 22.0. The minimum atomic E-state index is -0.943. The lowest BCUT2D eigenvalue weighted by molar-refractivity contribution is -0.147. The molecule has 1 amide bonds. The molecule has 1 heterocycles. The lowest BCUT2D eigenvalue weighted by Crippen LogP contribution is -2.36. The number of benzene rings is 1. The number of carboxylic acid groups (broad SMARTS) is 1. The highest BCUT2D eigenvalue weighted by molar-refractivity contribution is 7.17. The van der Waals surface area contributed by atoms with E-state index in [0.717, 1.165) is 40.0 Å². The summed E-state index contributed by atoms with van der Waals surface area (Å²) in [5, 5.41) is 12.8. The van der Waals surface area contributed by atoms with Gasteiger partial charge in [-0.15, -0.1) is 11.3 Å². The van der Waals surface area contributed by atoms with Crippen molar-refractivity contribution >= 4 is 34.2 Å². The minimum absolute atomic E-state index is 0.319. The first-order valence-corrected chi connectivity index (χ1v) is 10.9. The van der Waals surface area contributed by atoms with Crippen molar-refractivity contribution < 1.29 is 24.2 Å². The predicted octanol–water partition coefficient (Wildman–Crippen LogP) is 4.96. The molecule has 1 fully saturated rings. The fourth-order valence-electron chi connectivity index (χ4n) is 4.12. The maximum Gasteiger partial charge on any atom is 0.341 e. The molecule has 1 aliphatic rings. The Balaban J connectivity index is 2.01. The monoisotopic (exact) mass is 429 g/mol. The highest BCUT2D eigenvalue weighted by Crippen LogP contribution is 2.41. The zero-order valence-electron chi connectivity index (χ0n) is 17.7. The smallest absolute Gasteiger partial charge is 0.341 e. The van der Waals surface area contributed by atoms with E-state index >= 15 is 0 Å². The summed E-state index contributed by atoms with van der Waals surface area (Å²) in [6, 6.07) is 5.97. The normalized spacial score (nSPS) is 18.7. The maximum atomic E-state index is 13.0. The number of aryl methyl sites for hydroxylation is 3. The van der Waals surface area contributed by atoms with Crippen molar-refractivity contribution in [2.75, 3.05) is 12.4 Å². The van der Waals surface area contributed by atoms with Crippen molar-refractivity contribution in [1.82, 2.24) is 0 Å². The molecule has 0 unspecified atom stereocenters. The number of methoxy groups -OCH3 is 1. The molecule has 2 atom stereocenters. The van der Waals surface area contributed by atoms with E-state index in [-0.39, 0.29) is 5.91 Å². The molecule has 1 saturated carbocycles. The number of anilines is 1. The number of aliphatic carboxylic acids is 1. The Morgan fingerprint density at radius 2 is 1.73 bits per heavy atom. The van der Waals surface area contributed by atoms with E-state index in [1.54, 1.807) is 0 Å². The molecule has 2 aromatic rings. The van der Waals surface area contributed by atoms with Crippen LogP contribution in [0.4, 0.5) is 5.00 Å². The fraction of sp³-hybridized carbons (Fsp3) is 0.435. The van der Waals surface area contributed by atoms with Crippen LogP contribution >= 0.6 is 11.3 Å². The number of esters is 1. The Morgan fingerprint density at radius 1 is 1.07 bits per heavy atom. The van der Waals surface area contributed by atoms with Gasteiger partial charge in [-0.1, -0.05) is 31.0 Å². The van der Waals surface area contributed by atoms with Gasteiger partial charge in [-0.05, 0) is 50.3 Å². The van der Waals surface area contributed by atoms with E-state index in [1.807, 2.05) is 39.0 Å². The molecule has 6 nitrogen and oxygen atoms in total. The van der Waals surface area contributed by atoms with Crippen LogP contribution in [0.2, 0.25) is 0 Å². The van der Waals surface area contributed by atoms with Gasteiger partial charge in [0, 0.05) is 10.4 Å². The summed E-state index contributed by atoms with van der Waals surface area (Å²) in [7, 11) is 1.31. The van der Waals surface area contributed by atoms with Crippen molar-refractivity contribution in [3.05, 3.63) is 39.8 Å². The molecule has 0 bridgehead atoms. The average Bonchev–Trinajstić information content (AvgIpc) is 3.04. The first-order chi connectivity index (χ1) is 14.2. The van der Waals surface area contributed by atoms with Crippen LogP contribution in [-0.2, 0) is 14.3 Å². The van der Waals surface area contributed by atoms with E-state index in [2.05, 4.69) is 5.32 Å². The molecule has 2 N–H and O–H groups in total. The summed E-state index contributed by atoms with van der Waals surface area (Å²) >= 11 is 1.31. The van der Waals surface area contributed by atoms with Gasteiger partial charge in [0.05, 0.1) is 18.9 Å². The zero-order valence-corrected chi connectivity index (χ0v) is 18.5. The minimum Gasteiger partial charge on any atom is -0.481 e. The predicted molar refractivity (Wildman–Crippen MR) is 117 cm³/mol. The van der Waals surface area contributed by atoms with Crippen LogP contribution in [0.5, 0.6) is 0 Å². The topological polar surface area (TPSA) is 92.7 Å². The van der Waals surface area contributed by atoms with Crippen LogP contribution in [0, 0.1) is 32.6 Å². The van der Waals surface area contributed by atoms with Gasteiger partial charge in [0.2, 0.25) is 5.91 Å². The fourth-order valence-corrected chi connectivity index (χ4v) is 5.19. The van der Waals surface area contributed by atoms with E-state index < -0.39 is 23.8 Å². The third-order valence-corrected chi connectivity index (χ3v) is 6.95. The second-order valence-electron chi connectivity index (χ2n) is 7.85. The maximum absolute atomic E-state index is 13.0. The second kappa shape index (κ2) is 9.00. The largest absolute Gasteiger partial charge is 0.481 e. The van der Waals surface area contributed by atoms with Crippen LogP contribution in [0.1, 0.15) is 52.0 Å². The molecule has 1 aliphatic carbocycles. The molecule has 1 aromatic heterocycles. The number of nitrogens with one attached hydrogen (secondary N) is 1. The SMILES string of the molecule is COC(=O)c1c(NC(=O)[C@H]2CCCC[C@@H]2C(=O)O)sc(C)c1-c1ccc(C)c(C)c1. The Morgan fingerprint density at radius 3 is 2.33 bits per heavy atom. The summed E-state index contributed by atoms with van der Waals surface area (Å²) in [4.78, 5) is 38.1. The van der Waals surface area contributed by atoms with Crippen molar-refractivity contribution in [2.24, 2.45) is 11.8 Å². The van der Waals surface area contributed by atoms with Gasteiger partial charge in [-0.3, -0.25) is 9.59 Å². The van der Waals surface area contributed by atoms with Gasteiger partial charge in [-0.25, -0.2) is 4.79 Å². The van der Waals surface area contributed by atoms with Crippen LogP contribution in [0.3, 0.4) is 0 Å². The molecule has 3 rings (SSSR count). The molecule has 0 aliphatic heterocycles. The van der Waals surface area contributed by atoms with Gasteiger partial charge < -0.3 is 15.2 Å². The number of hydrogen-bond acceptors (Lipinski definition) is 5. The molecule has 0 saturated heterocycles. The van der Waals surface area contributed by atoms with Crippen molar-refractivity contribution in [1.29, 1.82) is 0 Å². The summed E-state index contributed by atoms with van der Waals surface area (Å²) in [5.74, 6) is -3.11. The summed E-state index contributed by atoms with van der Waals surface area (Å²) in [5.41, 5.74) is 4.19. The molecule has 30 heavy (non-hydrogen) atoms. The van der Waals surface area contributed by atoms with Gasteiger partial charge in [0.1, 0.15) is 10.6 Å². The molecule has 7 heteroatoms. The van der Waals surface area contributed by atoms with Crippen molar-refractivity contribution in [3.63, 3.8) is 0 Å². The van der Waals surface area contributed by atoms with Crippen LogP contribution in [0.25, 0.3) is 11.1 Å². The number of carbonyl (C=O) groups is 3. The highest BCUT2D eigenvalue weighted by Gasteiger charge is 2.36. The summed E-state index contributed by atoms with van der Waals surface area (Å²) < 4.78 is 5.02. The van der Waals surface area contributed by atoms with Gasteiger partial charge in [0.15, 0.2) is 0 Å². The van der Waals surface area contributed by atoms with E-state index in [1.165, 1.54) is 18.4 Å². The van der Waals surface area contributed by atoms with Gasteiger partial charge in [0.25, 0.3) is 0 Å². The molecule has 1 aromatic carbocycles. The first-order valence-electron chi connectivity index (χ1n) is 10.1. The van der Waals surface area contributed by atoms with E-state index in [0.29, 0.717) is 23.4 Å². The molecule has 0 spiro atoms. The number of rotatable bonds is 5. The summed E-state index contributed by atoms with van der Waals surface area (Å²) in [6.07, 6.45) is 2.66. The van der Waals surface area contributed by atoms with E-state index in [9.17, 15) is 19.5 Å². The Bertz CT molecular complexity index is 994. The van der Waals surface area contributed by atoms with Crippen LogP contribution in [-0.4, -0.2) is 30.1 Å². The van der Waals surface area contributed by atoms with Gasteiger partial charge >= 0.3 is 11.9 Å². The number of thiophene rings is 1. The molecule has 160 valence electrons. The molecular weight excluding hydrogens is 402 g/mol. The third kappa shape index (κ3) is 4.26. The second-order valence-corrected chi connectivity index (χ2v) is 9.08. The number of hydrogen-bond donors (Lipinski definition) is 2.